The molecule has 166 valence electrons. The van der Waals surface area contributed by atoms with E-state index in [4.69, 9.17) is 15.9 Å². The summed E-state index contributed by atoms with van der Waals surface area (Å²) in [6, 6.07) is 8.78. The van der Waals surface area contributed by atoms with Crippen molar-refractivity contribution in [2.45, 2.75) is 18.9 Å². The molecule has 1 aromatic heterocycles. The first-order chi connectivity index (χ1) is 15.1. The van der Waals surface area contributed by atoms with Gasteiger partial charge in [-0.15, -0.1) is 18.8 Å². The van der Waals surface area contributed by atoms with Gasteiger partial charge in [-0.1, -0.05) is 12.0 Å². The van der Waals surface area contributed by atoms with Gasteiger partial charge in [-0.25, -0.2) is 9.97 Å². The van der Waals surface area contributed by atoms with E-state index in [-0.39, 0.29) is 46.9 Å². The predicted molar refractivity (Wildman–Crippen MR) is 124 cm³/mol. The van der Waals surface area contributed by atoms with Gasteiger partial charge in [-0.05, 0) is 44.1 Å². The molecule has 4 rings (SSSR count). The lowest BCUT2D eigenvalue weighted by molar-refractivity contribution is -0.384. The molecule has 10 heteroatoms. The van der Waals surface area contributed by atoms with Gasteiger partial charge in [-0.3, -0.25) is 10.1 Å². The van der Waals surface area contributed by atoms with E-state index in [1.807, 2.05) is 0 Å². The Morgan fingerprint density at radius 1 is 1.28 bits per heavy atom. The normalized spacial score (nSPS) is 13.6. The summed E-state index contributed by atoms with van der Waals surface area (Å²) in [5, 5.41) is 18.8. The zero-order chi connectivity index (χ0) is 21.8. The summed E-state index contributed by atoms with van der Waals surface area (Å²) in [5.41, 5.74) is 1.46. The molecular formula is C22H22ClN5O4. The number of rotatable bonds is 6. The quantitative estimate of drug-likeness (QED) is 0.328. The van der Waals surface area contributed by atoms with Crippen LogP contribution < -0.4 is 20.1 Å². The summed E-state index contributed by atoms with van der Waals surface area (Å²) < 4.78 is 11.5. The Kier molecular flexibility index (Phi) is 7.30. The van der Waals surface area contributed by atoms with Crippen molar-refractivity contribution in [3.63, 3.8) is 0 Å². The van der Waals surface area contributed by atoms with Crippen molar-refractivity contribution in [1.29, 1.82) is 0 Å². The van der Waals surface area contributed by atoms with E-state index in [1.165, 1.54) is 13.4 Å². The van der Waals surface area contributed by atoms with Crippen LogP contribution in [0.4, 0.5) is 17.2 Å². The number of ether oxygens (including phenoxy) is 2. The molecule has 32 heavy (non-hydrogen) atoms. The van der Waals surface area contributed by atoms with Crippen LogP contribution in [0.25, 0.3) is 10.9 Å². The number of nitro benzene ring substituents is 1. The maximum absolute atomic E-state index is 12.2. The number of methoxy groups -OCH3 is 1. The fourth-order valence-electron chi connectivity index (χ4n) is 3.60. The number of nitrogens with zero attached hydrogens (tertiary/aromatic N) is 3. The van der Waals surface area contributed by atoms with Crippen LogP contribution >= 0.6 is 12.4 Å². The number of halogens is 1. The second-order valence-corrected chi connectivity index (χ2v) is 7.05. The molecule has 0 amide bonds. The summed E-state index contributed by atoms with van der Waals surface area (Å²) in [6.07, 6.45) is 8.15. The van der Waals surface area contributed by atoms with Gasteiger partial charge in [0.05, 0.1) is 17.5 Å². The molecule has 9 nitrogen and oxygen atoms in total. The Morgan fingerprint density at radius 2 is 2.06 bits per heavy atom. The minimum atomic E-state index is -0.479. The van der Waals surface area contributed by atoms with Crippen molar-refractivity contribution in [2.75, 3.05) is 25.5 Å². The molecule has 0 atom stereocenters. The summed E-state index contributed by atoms with van der Waals surface area (Å²) >= 11 is 0. The first-order valence-electron chi connectivity index (χ1n) is 9.82. The van der Waals surface area contributed by atoms with Gasteiger partial charge < -0.3 is 20.1 Å². The lowest BCUT2D eigenvalue weighted by Crippen LogP contribution is -2.34. The minimum absolute atomic E-state index is 0. The summed E-state index contributed by atoms with van der Waals surface area (Å²) in [4.78, 5) is 20.2. The van der Waals surface area contributed by atoms with Gasteiger partial charge in [-0.2, -0.15) is 0 Å². The number of nitrogens with one attached hydrogen (secondary N) is 2. The molecular weight excluding hydrogens is 434 g/mol. The van der Waals surface area contributed by atoms with Crippen LogP contribution in [-0.4, -0.2) is 41.2 Å². The van der Waals surface area contributed by atoms with Crippen molar-refractivity contribution in [2.24, 2.45) is 0 Å². The van der Waals surface area contributed by atoms with Crippen LogP contribution in [0.3, 0.4) is 0 Å². The van der Waals surface area contributed by atoms with Crippen LogP contribution in [0.15, 0.2) is 36.7 Å². The van der Waals surface area contributed by atoms with E-state index in [9.17, 15) is 10.1 Å². The van der Waals surface area contributed by atoms with Gasteiger partial charge in [0.25, 0.3) is 0 Å². The molecule has 2 N–H and O–H groups in total. The topological polar surface area (TPSA) is 111 Å². The van der Waals surface area contributed by atoms with Crippen LogP contribution in [0.1, 0.15) is 18.4 Å². The molecule has 3 aromatic rings. The highest BCUT2D eigenvalue weighted by molar-refractivity contribution is 6.01. The molecule has 1 saturated heterocycles. The van der Waals surface area contributed by atoms with E-state index in [1.54, 1.807) is 30.3 Å². The van der Waals surface area contributed by atoms with Gasteiger partial charge >= 0.3 is 5.69 Å². The van der Waals surface area contributed by atoms with Crippen LogP contribution in [0.2, 0.25) is 0 Å². The number of aromatic nitrogens is 2. The highest BCUT2D eigenvalue weighted by Crippen LogP contribution is 2.46. The molecule has 0 aliphatic carbocycles. The molecule has 0 bridgehead atoms. The van der Waals surface area contributed by atoms with Crippen molar-refractivity contribution in [3.05, 3.63) is 52.3 Å². The largest absolute Gasteiger partial charge is 0.493 e. The van der Waals surface area contributed by atoms with Crippen LogP contribution in [0.5, 0.6) is 11.5 Å². The SMILES string of the molecule is C#Cc1cccc(Nc2ncnc3cc(OC)c(OC4CCNCC4)c([N+](=O)[O-])c23)c1.Cl. The lowest BCUT2D eigenvalue weighted by atomic mass is 10.1. The second kappa shape index (κ2) is 10.1. The first-order valence-corrected chi connectivity index (χ1v) is 9.82. The number of fused-ring (bicyclic) bond motifs is 1. The Morgan fingerprint density at radius 3 is 2.75 bits per heavy atom. The molecule has 0 saturated carbocycles. The summed E-state index contributed by atoms with van der Waals surface area (Å²) in [6.45, 7) is 1.57. The third-order valence-electron chi connectivity index (χ3n) is 5.09. The zero-order valence-corrected chi connectivity index (χ0v) is 18.1. The zero-order valence-electron chi connectivity index (χ0n) is 17.3. The third kappa shape index (κ3) is 4.66. The van der Waals surface area contributed by atoms with Gasteiger partial charge in [0.2, 0.25) is 5.75 Å². The summed E-state index contributed by atoms with van der Waals surface area (Å²) in [7, 11) is 1.45. The fourth-order valence-corrected chi connectivity index (χ4v) is 3.60. The van der Waals surface area contributed by atoms with Gasteiger partial charge in [0, 0.05) is 17.3 Å². The van der Waals surface area contributed by atoms with E-state index in [0.29, 0.717) is 16.8 Å². The van der Waals surface area contributed by atoms with Crippen molar-refractivity contribution >= 4 is 40.5 Å². The average Bonchev–Trinajstić information content (AvgIpc) is 2.79. The molecule has 1 aliphatic rings. The molecule has 1 aliphatic heterocycles. The van der Waals surface area contributed by atoms with E-state index >= 15 is 0 Å². The number of anilines is 2. The van der Waals surface area contributed by atoms with Crippen LogP contribution in [-0.2, 0) is 0 Å². The van der Waals surface area contributed by atoms with Gasteiger partial charge in [0.1, 0.15) is 23.6 Å². The molecule has 2 aromatic carbocycles. The Labute approximate surface area is 191 Å². The predicted octanol–water partition coefficient (Wildman–Crippen LogP) is 3.82. The summed E-state index contributed by atoms with van der Waals surface area (Å²) in [5.74, 6) is 3.19. The first kappa shape index (κ1) is 23.1. The van der Waals surface area contributed by atoms with E-state index < -0.39 is 4.92 Å². The van der Waals surface area contributed by atoms with E-state index in [0.717, 1.165) is 25.9 Å². The molecule has 0 unspecified atom stereocenters. The number of nitro groups is 1. The maximum Gasteiger partial charge on any atom is 0.327 e. The van der Waals surface area contributed by atoms with Crippen LogP contribution in [0, 0.1) is 22.5 Å². The molecule has 2 heterocycles. The average molecular weight is 456 g/mol. The number of hydrogen-bond acceptors (Lipinski definition) is 8. The highest BCUT2D eigenvalue weighted by atomic mass is 35.5. The Hall–Kier alpha value is -3.61. The third-order valence-corrected chi connectivity index (χ3v) is 5.09. The monoisotopic (exact) mass is 455 g/mol. The maximum atomic E-state index is 12.2. The smallest absolute Gasteiger partial charge is 0.327 e. The van der Waals surface area contributed by atoms with Crippen molar-refractivity contribution < 1.29 is 14.4 Å². The van der Waals surface area contributed by atoms with Gasteiger partial charge in [0.15, 0.2) is 5.75 Å². The van der Waals surface area contributed by atoms with Crippen molar-refractivity contribution in [1.82, 2.24) is 15.3 Å². The molecule has 1 fully saturated rings. The fraction of sp³-hybridized carbons (Fsp3) is 0.273. The number of piperidine rings is 1. The molecule has 0 radical (unpaired) electrons. The van der Waals surface area contributed by atoms with Crippen molar-refractivity contribution in [3.8, 4) is 23.8 Å². The number of hydrogen-bond donors (Lipinski definition) is 2. The highest BCUT2D eigenvalue weighted by Gasteiger charge is 2.31. The lowest BCUT2D eigenvalue weighted by Gasteiger charge is -2.24. The Bertz CT molecular complexity index is 1170. The standard InChI is InChI=1S/C22H21N5O4.ClH/c1-3-14-5-4-6-15(11-14)26-22-19-17(24-13-25-22)12-18(30-2)21(20(19)27(28)29)31-16-7-9-23-10-8-16;/h1,4-6,11-13,16,23H,7-10H2,2H3,(H,24,25,26);1H. The number of benzene rings is 2. The second-order valence-electron chi connectivity index (χ2n) is 7.05. The van der Waals surface area contributed by atoms with E-state index in [2.05, 4.69) is 26.5 Å². The number of terminal acetylenes is 1. The molecule has 0 spiro atoms. The Balaban J connectivity index is 0.00000289. The minimum Gasteiger partial charge on any atom is -0.493 e.